The molecule has 1 heterocycles. The van der Waals surface area contributed by atoms with E-state index in [1.54, 1.807) is 60.7 Å². The van der Waals surface area contributed by atoms with Gasteiger partial charge in [0.05, 0.1) is 0 Å². The number of hydrogen-bond donors (Lipinski definition) is 1. The van der Waals surface area contributed by atoms with Gasteiger partial charge in [-0.05, 0) is 30.2 Å². The van der Waals surface area contributed by atoms with Crippen LogP contribution in [0.2, 0.25) is 0 Å². The summed E-state index contributed by atoms with van der Waals surface area (Å²) in [4.78, 5) is 38.6. The molecule has 2 aromatic carbocycles. The van der Waals surface area contributed by atoms with Crippen molar-refractivity contribution < 1.29 is 9.59 Å². The SMILES string of the molecule is CCc1ccn(C(C(=O)Nc2ccccc2)C(=O)c2ccccc2)c(=O)c1. The van der Waals surface area contributed by atoms with Crippen molar-refractivity contribution in [3.63, 3.8) is 0 Å². The second-order valence-electron chi connectivity index (χ2n) is 6.12. The first-order chi connectivity index (χ1) is 13.1. The lowest BCUT2D eigenvalue weighted by molar-refractivity contribution is -0.118. The van der Waals surface area contributed by atoms with Gasteiger partial charge in [0.15, 0.2) is 11.8 Å². The fraction of sp³-hybridized carbons (Fsp3) is 0.136. The van der Waals surface area contributed by atoms with Crippen molar-refractivity contribution in [1.82, 2.24) is 4.57 Å². The Morgan fingerprint density at radius 2 is 1.59 bits per heavy atom. The first kappa shape index (κ1) is 18.3. The second-order valence-corrected chi connectivity index (χ2v) is 6.12. The van der Waals surface area contributed by atoms with E-state index in [1.165, 1.54) is 16.8 Å². The highest BCUT2D eigenvalue weighted by molar-refractivity contribution is 6.15. The summed E-state index contributed by atoms with van der Waals surface area (Å²) in [6, 6.07) is 19.3. The first-order valence-corrected chi connectivity index (χ1v) is 8.76. The predicted molar refractivity (Wildman–Crippen MR) is 105 cm³/mol. The number of aryl methyl sites for hydroxylation is 1. The number of carbonyl (C=O) groups excluding carboxylic acids is 2. The van der Waals surface area contributed by atoms with Crippen LogP contribution in [0, 0.1) is 0 Å². The molecule has 0 spiro atoms. The first-order valence-electron chi connectivity index (χ1n) is 8.76. The molecule has 0 bridgehead atoms. The summed E-state index contributed by atoms with van der Waals surface area (Å²) in [7, 11) is 0. The molecule has 0 radical (unpaired) electrons. The molecule has 0 aliphatic carbocycles. The van der Waals surface area contributed by atoms with Gasteiger partial charge in [-0.2, -0.15) is 0 Å². The van der Waals surface area contributed by atoms with Crippen LogP contribution in [0.1, 0.15) is 28.9 Å². The highest BCUT2D eigenvalue weighted by Gasteiger charge is 2.30. The van der Waals surface area contributed by atoms with Crippen molar-refractivity contribution in [2.75, 3.05) is 5.32 Å². The topological polar surface area (TPSA) is 68.2 Å². The maximum absolute atomic E-state index is 13.1. The highest BCUT2D eigenvalue weighted by atomic mass is 16.2. The molecule has 1 unspecified atom stereocenters. The Labute approximate surface area is 157 Å². The summed E-state index contributed by atoms with van der Waals surface area (Å²) < 4.78 is 1.19. The van der Waals surface area contributed by atoms with Crippen molar-refractivity contribution in [2.45, 2.75) is 19.4 Å². The zero-order chi connectivity index (χ0) is 19.2. The lowest BCUT2D eigenvalue weighted by atomic mass is 10.0. The van der Waals surface area contributed by atoms with Gasteiger partial charge in [-0.1, -0.05) is 55.5 Å². The average Bonchev–Trinajstić information content (AvgIpc) is 2.70. The molecule has 5 nitrogen and oxygen atoms in total. The summed E-state index contributed by atoms with van der Waals surface area (Å²) in [5, 5.41) is 2.73. The number of nitrogens with one attached hydrogen (secondary N) is 1. The Morgan fingerprint density at radius 1 is 0.963 bits per heavy atom. The Balaban J connectivity index is 2.02. The number of para-hydroxylation sites is 1. The molecule has 1 amide bonds. The van der Waals surface area contributed by atoms with E-state index in [9.17, 15) is 14.4 Å². The normalized spacial score (nSPS) is 11.6. The number of Topliss-reactive ketones (excluding diaryl/α,β-unsaturated/α-hetero) is 1. The number of hydrogen-bond acceptors (Lipinski definition) is 3. The summed E-state index contributed by atoms with van der Waals surface area (Å²) in [6.07, 6.45) is 2.21. The number of ketones is 1. The van der Waals surface area contributed by atoms with E-state index in [2.05, 4.69) is 5.32 Å². The number of anilines is 1. The monoisotopic (exact) mass is 360 g/mol. The quantitative estimate of drug-likeness (QED) is 0.541. The van der Waals surface area contributed by atoms with Crippen molar-refractivity contribution in [3.05, 3.63) is 100 Å². The largest absolute Gasteiger partial charge is 0.324 e. The lowest BCUT2D eigenvalue weighted by Gasteiger charge is -2.19. The number of aromatic nitrogens is 1. The van der Waals surface area contributed by atoms with Crippen LogP contribution in [0.5, 0.6) is 0 Å². The van der Waals surface area contributed by atoms with Crippen molar-refractivity contribution in [1.29, 1.82) is 0 Å². The van der Waals surface area contributed by atoms with E-state index in [4.69, 9.17) is 0 Å². The third-order valence-electron chi connectivity index (χ3n) is 4.30. The van der Waals surface area contributed by atoms with Gasteiger partial charge in [-0.3, -0.25) is 19.0 Å². The van der Waals surface area contributed by atoms with Gasteiger partial charge in [0.2, 0.25) is 0 Å². The predicted octanol–water partition coefficient (Wildman–Crippen LogP) is 3.47. The van der Waals surface area contributed by atoms with Gasteiger partial charge in [0, 0.05) is 23.5 Å². The number of rotatable bonds is 6. The third-order valence-corrected chi connectivity index (χ3v) is 4.30. The van der Waals surface area contributed by atoms with Gasteiger partial charge >= 0.3 is 0 Å². The van der Waals surface area contributed by atoms with Crippen molar-refractivity contribution in [2.24, 2.45) is 0 Å². The maximum Gasteiger partial charge on any atom is 0.255 e. The average molecular weight is 360 g/mol. The van der Waals surface area contributed by atoms with Gasteiger partial charge in [-0.15, -0.1) is 0 Å². The van der Waals surface area contributed by atoms with Gasteiger partial charge in [0.1, 0.15) is 0 Å². The van der Waals surface area contributed by atoms with E-state index in [1.807, 2.05) is 13.0 Å². The minimum absolute atomic E-state index is 0.372. The Hall–Kier alpha value is -3.47. The molecule has 1 N–H and O–H groups in total. The van der Waals surface area contributed by atoms with Crippen LogP contribution in [0.4, 0.5) is 5.69 Å². The molecule has 27 heavy (non-hydrogen) atoms. The molecule has 3 rings (SSSR count). The maximum atomic E-state index is 13.1. The van der Waals surface area contributed by atoms with Crippen molar-refractivity contribution in [3.8, 4) is 0 Å². The van der Waals surface area contributed by atoms with Gasteiger partial charge in [0.25, 0.3) is 11.5 Å². The highest BCUT2D eigenvalue weighted by Crippen LogP contribution is 2.17. The molecule has 0 aliphatic heterocycles. The minimum Gasteiger partial charge on any atom is -0.324 e. The standard InChI is InChI=1S/C22H20N2O3/c1-2-16-13-14-24(19(25)15-16)20(21(26)17-9-5-3-6-10-17)22(27)23-18-11-7-4-8-12-18/h3-15,20H,2H2,1H3,(H,23,27). The van der Waals surface area contributed by atoms with E-state index < -0.39 is 17.7 Å². The fourth-order valence-corrected chi connectivity index (χ4v) is 2.83. The molecule has 0 aliphatic rings. The van der Waals surface area contributed by atoms with E-state index in [0.717, 1.165) is 5.56 Å². The fourth-order valence-electron chi connectivity index (χ4n) is 2.83. The molecule has 1 atom stereocenters. The zero-order valence-corrected chi connectivity index (χ0v) is 15.0. The number of pyridine rings is 1. The summed E-state index contributed by atoms with van der Waals surface area (Å²) in [5.41, 5.74) is 1.40. The Morgan fingerprint density at radius 3 is 2.19 bits per heavy atom. The number of carbonyl (C=O) groups is 2. The smallest absolute Gasteiger partial charge is 0.255 e. The van der Waals surface area contributed by atoms with E-state index >= 15 is 0 Å². The number of benzene rings is 2. The molecule has 3 aromatic rings. The second kappa shape index (κ2) is 8.27. The van der Waals surface area contributed by atoms with Gasteiger partial charge < -0.3 is 5.32 Å². The molecule has 0 saturated heterocycles. The van der Waals surface area contributed by atoms with Crippen LogP contribution in [-0.2, 0) is 11.2 Å². The number of amides is 1. The van der Waals surface area contributed by atoms with Crippen LogP contribution in [-0.4, -0.2) is 16.3 Å². The zero-order valence-electron chi connectivity index (χ0n) is 15.0. The Kier molecular flexibility index (Phi) is 5.61. The van der Waals surface area contributed by atoms with E-state index in [0.29, 0.717) is 17.7 Å². The van der Waals surface area contributed by atoms with Gasteiger partial charge in [-0.25, -0.2) is 0 Å². The molecule has 1 aromatic heterocycles. The Bertz CT molecular complexity index is 995. The lowest BCUT2D eigenvalue weighted by Crippen LogP contribution is -2.38. The van der Waals surface area contributed by atoms with E-state index in [-0.39, 0.29) is 5.56 Å². The van der Waals surface area contributed by atoms with Crippen LogP contribution >= 0.6 is 0 Å². The van der Waals surface area contributed by atoms with Crippen LogP contribution in [0.3, 0.4) is 0 Å². The van der Waals surface area contributed by atoms with Crippen LogP contribution < -0.4 is 10.9 Å². The minimum atomic E-state index is -1.29. The molecular weight excluding hydrogens is 340 g/mol. The summed E-state index contributed by atoms with van der Waals surface area (Å²) in [5.74, 6) is -0.989. The molecule has 0 saturated carbocycles. The molecule has 0 fully saturated rings. The van der Waals surface area contributed by atoms with Crippen molar-refractivity contribution >= 4 is 17.4 Å². The molecular formula is C22H20N2O3. The third kappa shape index (κ3) is 4.20. The number of nitrogens with zero attached hydrogens (tertiary/aromatic N) is 1. The van der Waals surface area contributed by atoms with Crippen LogP contribution in [0.15, 0.2) is 83.8 Å². The summed E-state index contributed by atoms with van der Waals surface area (Å²) >= 11 is 0. The van der Waals surface area contributed by atoms with Crippen LogP contribution in [0.25, 0.3) is 0 Å². The molecule has 5 heteroatoms. The summed E-state index contributed by atoms with van der Waals surface area (Å²) in [6.45, 7) is 1.94. The molecule has 136 valence electrons.